The SMILES string of the molecule is COc1ccc(-c2noc(COC(=O)c3ccc(OC)c(OC)c3OC)n2)cc1OC. The molecule has 0 aliphatic heterocycles. The van der Waals surface area contributed by atoms with Crippen molar-refractivity contribution in [1.29, 1.82) is 0 Å². The minimum atomic E-state index is -0.649. The van der Waals surface area contributed by atoms with Gasteiger partial charge in [0, 0.05) is 5.56 Å². The van der Waals surface area contributed by atoms with Crippen molar-refractivity contribution in [2.45, 2.75) is 6.61 Å². The zero-order chi connectivity index (χ0) is 22.4. The van der Waals surface area contributed by atoms with E-state index < -0.39 is 5.97 Å². The number of ether oxygens (including phenoxy) is 6. The average molecular weight is 430 g/mol. The summed E-state index contributed by atoms with van der Waals surface area (Å²) in [6.45, 7) is -0.226. The molecular weight excluding hydrogens is 408 g/mol. The van der Waals surface area contributed by atoms with Crippen molar-refractivity contribution in [2.24, 2.45) is 0 Å². The lowest BCUT2D eigenvalue weighted by Gasteiger charge is -2.14. The quantitative estimate of drug-likeness (QED) is 0.469. The summed E-state index contributed by atoms with van der Waals surface area (Å²) in [5, 5.41) is 3.92. The molecule has 10 heteroatoms. The zero-order valence-electron chi connectivity index (χ0n) is 17.8. The van der Waals surface area contributed by atoms with E-state index in [1.807, 2.05) is 0 Å². The van der Waals surface area contributed by atoms with E-state index in [4.69, 9.17) is 32.9 Å². The molecule has 0 fully saturated rings. The van der Waals surface area contributed by atoms with Crippen molar-refractivity contribution in [3.63, 3.8) is 0 Å². The van der Waals surface area contributed by atoms with E-state index in [1.54, 1.807) is 31.4 Å². The van der Waals surface area contributed by atoms with Crippen LogP contribution in [0.2, 0.25) is 0 Å². The fourth-order valence-corrected chi connectivity index (χ4v) is 2.87. The molecule has 0 N–H and O–H groups in total. The Balaban J connectivity index is 1.75. The lowest BCUT2D eigenvalue weighted by Crippen LogP contribution is -2.09. The van der Waals surface area contributed by atoms with Crippen molar-refractivity contribution < 1.29 is 37.7 Å². The minimum absolute atomic E-state index is 0.123. The van der Waals surface area contributed by atoms with Gasteiger partial charge in [0.15, 0.2) is 29.6 Å². The molecule has 0 saturated heterocycles. The van der Waals surface area contributed by atoms with Crippen LogP contribution in [-0.2, 0) is 11.3 Å². The minimum Gasteiger partial charge on any atom is -0.493 e. The second-order valence-electron chi connectivity index (χ2n) is 6.04. The van der Waals surface area contributed by atoms with Crippen LogP contribution in [0.1, 0.15) is 16.2 Å². The van der Waals surface area contributed by atoms with Gasteiger partial charge in [-0.25, -0.2) is 4.79 Å². The molecule has 164 valence electrons. The van der Waals surface area contributed by atoms with Gasteiger partial charge in [-0.2, -0.15) is 4.98 Å². The zero-order valence-corrected chi connectivity index (χ0v) is 17.8. The number of carbonyl (C=O) groups is 1. The predicted molar refractivity (Wildman–Crippen MR) is 108 cm³/mol. The van der Waals surface area contributed by atoms with Crippen molar-refractivity contribution in [3.05, 3.63) is 41.8 Å². The Morgan fingerprint density at radius 3 is 2.16 bits per heavy atom. The number of rotatable bonds is 9. The molecule has 0 bridgehead atoms. The monoisotopic (exact) mass is 430 g/mol. The van der Waals surface area contributed by atoms with Crippen LogP contribution in [0.3, 0.4) is 0 Å². The maximum Gasteiger partial charge on any atom is 0.342 e. The Bertz CT molecular complexity index is 1060. The van der Waals surface area contributed by atoms with E-state index in [0.717, 1.165) is 0 Å². The molecule has 0 unspecified atom stereocenters. The number of carbonyl (C=O) groups excluding carboxylic acids is 1. The highest BCUT2D eigenvalue weighted by Crippen LogP contribution is 2.40. The predicted octanol–water partition coefficient (Wildman–Crippen LogP) is 3.14. The van der Waals surface area contributed by atoms with Crippen LogP contribution < -0.4 is 23.7 Å². The van der Waals surface area contributed by atoms with Crippen molar-refractivity contribution in [2.75, 3.05) is 35.5 Å². The molecule has 0 radical (unpaired) electrons. The molecule has 0 saturated carbocycles. The van der Waals surface area contributed by atoms with Crippen LogP contribution in [0.4, 0.5) is 0 Å². The van der Waals surface area contributed by atoms with Crippen molar-refractivity contribution in [3.8, 4) is 40.1 Å². The number of nitrogens with zero attached hydrogens (tertiary/aromatic N) is 2. The molecule has 3 rings (SSSR count). The summed E-state index contributed by atoms with van der Waals surface area (Å²) in [6.07, 6.45) is 0. The van der Waals surface area contributed by atoms with Gasteiger partial charge in [0.2, 0.25) is 11.6 Å². The fraction of sp³-hybridized carbons (Fsp3) is 0.286. The first-order valence-corrected chi connectivity index (χ1v) is 9.07. The molecule has 0 atom stereocenters. The summed E-state index contributed by atoms with van der Waals surface area (Å²) in [6, 6.07) is 8.31. The van der Waals surface area contributed by atoms with Crippen LogP contribution in [0, 0.1) is 0 Å². The van der Waals surface area contributed by atoms with Gasteiger partial charge in [0.05, 0.1) is 35.5 Å². The first-order chi connectivity index (χ1) is 15.1. The van der Waals surface area contributed by atoms with E-state index in [1.165, 1.54) is 34.5 Å². The highest BCUT2D eigenvalue weighted by molar-refractivity contribution is 5.94. The summed E-state index contributed by atoms with van der Waals surface area (Å²) in [5.41, 5.74) is 0.820. The lowest BCUT2D eigenvalue weighted by molar-refractivity contribution is 0.0425. The van der Waals surface area contributed by atoms with Gasteiger partial charge in [-0.15, -0.1) is 0 Å². The van der Waals surface area contributed by atoms with Gasteiger partial charge < -0.3 is 32.9 Å². The highest BCUT2D eigenvalue weighted by atomic mass is 16.6. The molecule has 3 aromatic rings. The summed E-state index contributed by atoms with van der Waals surface area (Å²) in [7, 11) is 7.43. The number of aromatic nitrogens is 2. The van der Waals surface area contributed by atoms with E-state index in [-0.39, 0.29) is 29.6 Å². The summed E-state index contributed by atoms with van der Waals surface area (Å²) >= 11 is 0. The molecule has 31 heavy (non-hydrogen) atoms. The summed E-state index contributed by atoms with van der Waals surface area (Å²) in [4.78, 5) is 16.8. The molecular formula is C21H22N2O8. The Hall–Kier alpha value is -3.95. The normalized spacial score (nSPS) is 10.4. The largest absolute Gasteiger partial charge is 0.493 e. The summed E-state index contributed by atoms with van der Waals surface area (Å²) < 4.78 is 36.8. The Morgan fingerprint density at radius 2 is 1.52 bits per heavy atom. The molecule has 10 nitrogen and oxygen atoms in total. The van der Waals surface area contributed by atoms with Crippen LogP contribution in [0.15, 0.2) is 34.9 Å². The van der Waals surface area contributed by atoms with Crippen LogP contribution in [0.5, 0.6) is 28.7 Å². The van der Waals surface area contributed by atoms with Crippen molar-refractivity contribution >= 4 is 5.97 Å². The van der Waals surface area contributed by atoms with Crippen LogP contribution >= 0.6 is 0 Å². The molecule has 0 aliphatic rings. The average Bonchev–Trinajstić information content (AvgIpc) is 3.29. The van der Waals surface area contributed by atoms with Gasteiger partial charge in [0.1, 0.15) is 5.56 Å². The molecule has 0 spiro atoms. The molecule has 1 aromatic heterocycles. The van der Waals surface area contributed by atoms with E-state index in [2.05, 4.69) is 10.1 Å². The molecule has 0 aliphatic carbocycles. The van der Waals surface area contributed by atoms with E-state index in [9.17, 15) is 4.79 Å². The van der Waals surface area contributed by atoms with E-state index in [0.29, 0.717) is 28.6 Å². The van der Waals surface area contributed by atoms with Gasteiger partial charge in [0.25, 0.3) is 5.89 Å². The van der Waals surface area contributed by atoms with Crippen LogP contribution in [-0.4, -0.2) is 51.7 Å². The lowest BCUT2D eigenvalue weighted by atomic mass is 10.1. The topological polar surface area (TPSA) is 111 Å². The second kappa shape index (κ2) is 9.70. The molecule has 0 amide bonds. The van der Waals surface area contributed by atoms with Gasteiger partial charge >= 0.3 is 5.97 Å². The van der Waals surface area contributed by atoms with Gasteiger partial charge in [-0.3, -0.25) is 0 Å². The number of methoxy groups -OCH3 is 5. The smallest absolute Gasteiger partial charge is 0.342 e. The number of esters is 1. The first kappa shape index (κ1) is 21.8. The first-order valence-electron chi connectivity index (χ1n) is 9.07. The fourth-order valence-electron chi connectivity index (χ4n) is 2.87. The molecule has 2 aromatic carbocycles. The maximum atomic E-state index is 12.6. The van der Waals surface area contributed by atoms with Crippen LogP contribution in [0.25, 0.3) is 11.4 Å². The second-order valence-corrected chi connectivity index (χ2v) is 6.04. The Kier molecular flexibility index (Phi) is 6.81. The number of hydrogen-bond acceptors (Lipinski definition) is 10. The number of hydrogen-bond donors (Lipinski definition) is 0. The Morgan fingerprint density at radius 1 is 0.839 bits per heavy atom. The van der Waals surface area contributed by atoms with Gasteiger partial charge in [-0.05, 0) is 30.3 Å². The van der Waals surface area contributed by atoms with E-state index >= 15 is 0 Å². The molecule has 1 heterocycles. The number of benzene rings is 2. The third-order valence-electron chi connectivity index (χ3n) is 4.36. The van der Waals surface area contributed by atoms with Crippen molar-refractivity contribution in [1.82, 2.24) is 10.1 Å². The third kappa shape index (κ3) is 4.47. The Labute approximate surface area is 178 Å². The maximum absolute atomic E-state index is 12.6. The third-order valence-corrected chi connectivity index (χ3v) is 4.36. The highest BCUT2D eigenvalue weighted by Gasteiger charge is 2.22. The summed E-state index contributed by atoms with van der Waals surface area (Å²) in [5.74, 6) is 1.80. The van der Waals surface area contributed by atoms with Gasteiger partial charge in [-0.1, -0.05) is 5.16 Å². The standard InChI is InChI=1S/C21H22N2O8/c1-25-14-8-6-12(10-16(14)27-3)20-22-17(31-23-20)11-30-21(24)13-7-9-15(26-2)19(29-5)18(13)28-4/h6-10H,11H2,1-5H3.